The molecule has 4 heteroatoms. The largest absolute Gasteiger partial charge is 0.341 e. The third-order valence-electron chi connectivity index (χ3n) is 2.31. The summed E-state index contributed by atoms with van der Waals surface area (Å²) in [5, 5.41) is 10.1. The molecule has 0 saturated carbocycles. The molecule has 0 atom stereocenters. The van der Waals surface area contributed by atoms with E-state index in [1.54, 1.807) is 0 Å². The first-order valence-electron chi connectivity index (χ1n) is 5.60. The van der Waals surface area contributed by atoms with Gasteiger partial charge < -0.3 is 4.84 Å². The number of carbonyl (C=O) groups is 1. The zero-order valence-corrected chi connectivity index (χ0v) is 10.1. The van der Waals surface area contributed by atoms with Crippen molar-refractivity contribution in [2.75, 3.05) is 11.6 Å². The van der Waals surface area contributed by atoms with E-state index >= 15 is 0 Å². The Labute approximate surface area is 101 Å². The van der Waals surface area contributed by atoms with Gasteiger partial charge in [-0.05, 0) is 18.1 Å². The van der Waals surface area contributed by atoms with Crippen LogP contribution < -0.4 is 5.06 Å². The van der Waals surface area contributed by atoms with Gasteiger partial charge in [-0.2, -0.15) is 5.26 Å². The average Bonchev–Trinajstić information content (AvgIpc) is 2.34. The van der Waals surface area contributed by atoms with Crippen LogP contribution in [0.4, 0.5) is 5.69 Å². The number of hydrogen-bond donors (Lipinski definition) is 0. The lowest BCUT2D eigenvalue weighted by atomic mass is 10.1. The Bertz CT molecular complexity index is 424. The van der Waals surface area contributed by atoms with Crippen LogP contribution in [0.3, 0.4) is 0 Å². The third-order valence-corrected chi connectivity index (χ3v) is 2.31. The van der Waals surface area contributed by atoms with Crippen LogP contribution in [0.2, 0.25) is 0 Å². The predicted molar refractivity (Wildman–Crippen MR) is 65.2 cm³/mol. The molecule has 0 aromatic heterocycles. The molecule has 4 nitrogen and oxygen atoms in total. The van der Waals surface area contributed by atoms with E-state index < -0.39 is 0 Å². The molecule has 0 aliphatic rings. The third kappa shape index (κ3) is 3.80. The molecule has 17 heavy (non-hydrogen) atoms. The molecule has 0 spiro atoms. The number of benzene rings is 1. The molecule has 0 radical (unpaired) electrons. The molecule has 0 aliphatic heterocycles. The van der Waals surface area contributed by atoms with Crippen molar-refractivity contribution >= 4 is 11.7 Å². The number of para-hydroxylation sites is 1. The van der Waals surface area contributed by atoms with E-state index in [-0.39, 0.29) is 5.97 Å². The Hall–Kier alpha value is -2.02. The number of hydrogen-bond acceptors (Lipinski definition) is 4. The first kappa shape index (κ1) is 13.0. The maximum Gasteiger partial charge on any atom is 0.329 e. The van der Waals surface area contributed by atoms with Crippen LogP contribution in [0.1, 0.15) is 25.8 Å². The minimum atomic E-state index is -0.381. The molecule has 0 N–H and O–H groups in total. The molecular weight excluding hydrogens is 216 g/mol. The first-order valence-corrected chi connectivity index (χ1v) is 5.60. The van der Waals surface area contributed by atoms with Crippen LogP contribution in [-0.2, 0) is 16.1 Å². The highest BCUT2D eigenvalue weighted by Gasteiger charge is 2.12. The van der Waals surface area contributed by atoms with Crippen LogP contribution in [-0.4, -0.2) is 12.5 Å². The van der Waals surface area contributed by atoms with Crippen LogP contribution in [0.25, 0.3) is 0 Å². The highest BCUT2D eigenvalue weighted by atomic mass is 16.7. The van der Waals surface area contributed by atoms with Gasteiger partial charge in [-0.25, -0.2) is 5.06 Å². The highest BCUT2D eigenvalue weighted by Crippen LogP contribution is 2.21. The van der Waals surface area contributed by atoms with E-state index in [0.29, 0.717) is 13.0 Å². The van der Waals surface area contributed by atoms with Crippen LogP contribution in [0.5, 0.6) is 0 Å². The first-order chi connectivity index (χ1) is 8.19. The summed E-state index contributed by atoms with van der Waals surface area (Å²) in [6.45, 7) is 3.77. The maximum atomic E-state index is 11.0. The van der Waals surface area contributed by atoms with Gasteiger partial charge >= 0.3 is 5.97 Å². The van der Waals surface area contributed by atoms with E-state index in [1.165, 1.54) is 12.0 Å². The van der Waals surface area contributed by atoms with Crippen LogP contribution >= 0.6 is 0 Å². The number of carbonyl (C=O) groups excluding carboxylic acids is 1. The predicted octanol–water partition coefficient (Wildman–Crippen LogP) is 2.45. The van der Waals surface area contributed by atoms with Crippen molar-refractivity contribution in [2.24, 2.45) is 0 Å². The molecule has 1 rings (SSSR count). The van der Waals surface area contributed by atoms with Gasteiger partial charge in [0.2, 0.25) is 0 Å². The summed E-state index contributed by atoms with van der Waals surface area (Å²) >= 11 is 0. The molecule has 0 heterocycles. The fraction of sp³-hybridized carbons (Fsp3) is 0.385. The van der Waals surface area contributed by atoms with Gasteiger partial charge in [0, 0.05) is 6.92 Å². The lowest BCUT2D eigenvalue weighted by Gasteiger charge is -2.23. The number of rotatable bonds is 5. The Morgan fingerprint density at radius 1 is 1.47 bits per heavy atom. The van der Waals surface area contributed by atoms with Crippen molar-refractivity contribution in [3.05, 3.63) is 29.8 Å². The number of nitriles is 1. The van der Waals surface area contributed by atoms with Crippen molar-refractivity contribution in [3.63, 3.8) is 0 Å². The van der Waals surface area contributed by atoms with Crippen LogP contribution in [0, 0.1) is 11.3 Å². The molecule has 0 bridgehead atoms. The molecule has 0 aliphatic carbocycles. The fourth-order valence-corrected chi connectivity index (χ4v) is 1.58. The number of anilines is 1. The number of hydroxylamine groups is 1. The maximum absolute atomic E-state index is 11.0. The smallest absolute Gasteiger partial charge is 0.329 e. The SMILES string of the molecule is CCc1ccccc1N(CCC#N)OC(C)=O. The molecule has 0 unspecified atom stereocenters. The second-order valence-corrected chi connectivity index (χ2v) is 3.58. The quantitative estimate of drug-likeness (QED) is 0.732. The number of nitrogens with zero attached hydrogens (tertiary/aromatic N) is 2. The molecule has 1 aromatic carbocycles. The van der Waals surface area contributed by atoms with Crippen molar-refractivity contribution in [3.8, 4) is 6.07 Å². The van der Waals surface area contributed by atoms with E-state index in [0.717, 1.165) is 17.7 Å². The van der Waals surface area contributed by atoms with Gasteiger partial charge in [0.25, 0.3) is 0 Å². The van der Waals surface area contributed by atoms with Crippen molar-refractivity contribution in [1.82, 2.24) is 0 Å². The molecule has 90 valence electrons. The second kappa shape index (κ2) is 6.54. The van der Waals surface area contributed by atoms with Crippen molar-refractivity contribution < 1.29 is 9.63 Å². The summed E-state index contributed by atoms with van der Waals surface area (Å²) in [7, 11) is 0. The molecule has 0 saturated heterocycles. The minimum absolute atomic E-state index is 0.311. The Morgan fingerprint density at radius 2 is 2.18 bits per heavy atom. The van der Waals surface area contributed by atoms with Crippen LogP contribution in [0.15, 0.2) is 24.3 Å². The Morgan fingerprint density at radius 3 is 2.76 bits per heavy atom. The average molecular weight is 232 g/mol. The van der Waals surface area contributed by atoms with Gasteiger partial charge in [-0.3, -0.25) is 4.79 Å². The van der Waals surface area contributed by atoms with Gasteiger partial charge in [-0.1, -0.05) is 25.1 Å². The zero-order chi connectivity index (χ0) is 12.7. The summed E-state index contributed by atoms with van der Waals surface area (Å²) in [6.07, 6.45) is 1.16. The van der Waals surface area contributed by atoms with Gasteiger partial charge in [0.05, 0.1) is 24.7 Å². The molecule has 0 amide bonds. The van der Waals surface area contributed by atoms with Gasteiger partial charge in [0.15, 0.2) is 0 Å². The van der Waals surface area contributed by atoms with Crippen molar-refractivity contribution in [1.29, 1.82) is 5.26 Å². The summed E-state index contributed by atoms with van der Waals surface area (Å²) in [5.41, 5.74) is 1.94. The van der Waals surface area contributed by atoms with E-state index in [1.807, 2.05) is 37.3 Å². The minimum Gasteiger partial charge on any atom is -0.341 e. The summed E-state index contributed by atoms with van der Waals surface area (Å²) in [5.74, 6) is -0.381. The fourth-order valence-electron chi connectivity index (χ4n) is 1.58. The summed E-state index contributed by atoms with van der Waals surface area (Å²) < 4.78 is 0. The Balaban J connectivity index is 2.94. The normalized spacial score (nSPS) is 9.47. The summed E-state index contributed by atoms with van der Waals surface area (Å²) in [4.78, 5) is 16.2. The molecule has 1 aromatic rings. The Kier molecular flexibility index (Phi) is 5.02. The van der Waals surface area contributed by atoms with E-state index in [2.05, 4.69) is 0 Å². The lowest BCUT2D eigenvalue weighted by molar-refractivity contribution is -0.142. The van der Waals surface area contributed by atoms with Crippen molar-refractivity contribution in [2.45, 2.75) is 26.7 Å². The topological polar surface area (TPSA) is 53.3 Å². The van der Waals surface area contributed by atoms with E-state index in [4.69, 9.17) is 10.1 Å². The molecular formula is C13H16N2O2. The lowest BCUT2D eigenvalue weighted by Crippen LogP contribution is -2.27. The van der Waals surface area contributed by atoms with Gasteiger partial charge in [-0.15, -0.1) is 0 Å². The van der Waals surface area contributed by atoms with E-state index in [9.17, 15) is 4.79 Å². The highest BCUT2D eigenvalue weighted by molar-refractivity contribution is 5.68. The molecule has 0 fully saturated rings. The monoisotopic (exact) mass is 232 g/mol. The summed E-state index contributed by atoms with van der Waals surface area (Å²) in [6, 6.07) is 9.75. The second-order valence-electron chi connectivity index (χ2n) is 3.58. The van der Waals surface area contributed by atoms with Gasteiger partial charge in [0.1, 0.15) is 0 Å². The number of aryl methyl sites for hydroxylation is 1. The standard InChI is InChI=1S/C13H16N2O2/c1-3-12-7-4-5-8-13(12)15(10-6-9-14)17-11(2)16/h4-5,7-8H,3,6,10H2,1-2H3. The zero-order valence-electron chi connectivity index (χ0n) is 10.1.